The lowest BCUT2D eigenvalue weighted by Crippen LogP contribution is -2.16. The summed E-state index contributed by atoms with van der Waals surface area (Å²) in [5.74, 6) is 6.17. The van der Waals surface area contributed by atoms with Gasteiger partial charge in [-0.05, 0) is 13.0 Å². The van der Waals surface area contributed by atoms with E-state index in [4.69, 9.17) is 17.4 Å². The first-order chi connectivity index (χ1) is 13.3. The van der Waals surface area contributed by atoms with Crippen LogP contribution < -0.4 is 11.2 Å². The first kappa shape index (κ1) is 19.6. The number of anilines is 1. The van der Waals surface area contributed by atoms with Crippen molar-refractivity contribution in [2.75, 3.05) is 16.9 Å². The Morgan fingerprint density at radius 1 is 1.29 bits per heavy atom. The Hall–Kier alpha value is -3.11. The molecule has 0 bridgehead atoms. The number of non-ortho nitro benzene ring substituents is 1. The van der Waals surface area contributed by atoms with Crippen molar-refractivity contribution >= 4 is 40.6 Å². The predicted molar refractivity (Wildman–Crippen MR) is 108 cm³/mol. The number of nitro groups is 1. The number of aryl methyl sites for hydroxylation is 1. The second kappa shape index (κ2) is 8.28. The number of benzene rings is 2. The molecule has 11 heteroatoms. The maximum atomic E-state index is 12.2. The van der Waals surface area contributed by atoms with E-state index in [9.17, 15) is 14.9 Å². The summed E-state index contributed by atoms with van der Waals surface area (Å²) in [5.41, 5.74) is 2.06. The number of thioether (sulfide) groups is 1. The lowest BCUT2D eigenvalue weighted by Gasteiger charge is -2.07. The minimum Gasteiger partial charge on any atom is -0.335 e. The average molecular weight is 419 g/mol. The molecular weight excluding hydrogens is 404 g/mol. The zero-order valence-corrected chi connectivity index (χ0v) is 16.2. The van der Waals surface area contributed by atoms with Crippen LogP contribution in [0.3, 0.4) is 0 Å². The van der Waals surface area contributed by atoms with Gasteiger partial charge in [-0.15, -0.1) is 10.2 Å². The Morgan fingerprint density at radius 2 is 2.00 bits per heavy atom. The molecule has 0 saturated carbocycles. The highest BCUT2D eigenvalue weighted by Gasteiger charge is 2.15. The van der Waals surface area contributed by atoms with Crippen molar-refractivity contribution in [1.29, 1.82) is 0 Å². The van der Waals surface area contributed by atoms with E-state index in [1.807, 2.05) is 31.2 Å². The molecule has 3 rings (SSSR count). The Bertz CT molecular complexity index is 1040. The quantitative estimate of drug-likeness (QED) is 0.272. The summed E-state index contributed by atoms with van der Waals surface area (Å²) in [5, 5.41) is 21.9. The topological polar surface area (TPSA) is 129 Å². The molecule has 9 nitrogen and oxygen atoms in total. The van der Waals surface area contributed by atoms with Crippen molar-refractivity contribution in [1.82, 2.24) is 14.9 Å². The molecule has 0 unspecified atom stereocenters. The number of carbonyl (C=O) groups excluding carboxylic acids is 1. The molecule has 3 N–H and O–H groups in total. The van der Waals surface area contributed by atoms with Crippen LogP contribution in [-0.4, -0.2) is 31.5 Å². The van der Waals surface area contributed by atoms with Gasteiger partial charge in [0.2, 0.25) is 11.1 Å². The number of rotatable bonds is 6. The van der Waals surface area contributed by atoms with Crippen LogP contribution in [-0.2, 0) is 4.79 Å². The molecule has 0 radical (unpaired) electrons. The van der Waals surface area contributed by atoms with Crippen LogP contribution in [0.1, 0.15) is 5.56 Å². The van der Waals surface area contributed by atoms with Gasteiger partial charge in [0.1, 0.15) is 0 Å². The van der Waals surface area contributed by atoms with Crippen molar-refractivity contribution < 1.29 is 9.72 Å². The molecule has 144 valence electrons. The van der Waals surface area contributed by atoms with Gasteiger partial charge in [-0.25, -0.2) is 4.68 Å². The Balaban J connectivity index is 1.64. The summed E-state index contributed by atoms with van der Waals surface area (Å²) >= 11 is 7.08. The average Bonchev–Trinajstić information content (AvgIpc) is 3.03. The van der Waals surface area contributed by atoms with E-state index >= 15 is 0 Å². The van der Waals surface area contributed by atoms with Gasteiger partial charge in [0.15, 0.2) is 5.82 Å². The fraction of sp³-hybridized carbons (Fsp3) is 0.118. The first-order valence-electron chi connectivity index (χ1n) is 7.99. The molecule has 0 aliphatic rings. The Morgan fingerprint density at radius 3 is 2.64 bits per heavy atom. The number of nitrogens with two attached hydrogens (primary N) is 1. The highest BCUT2D eigenvalue weighted by molar-refractivity contribution is 7.99. The van der Waals surface area contributed by atoms with Crippen LogP contribution in [0.25, 0.3) is 11.4 Å². The summed E-state index contributed by atoms with van der Waals surface area (Å²) in [6, 6.07) is 11.5. The lowest BCUT2D eigenvalue weighted by molar-refractivity contribution is -0.384. The van der Waals surface area contributed by atoms with E-state index in [0.29, 0.717) is 11.0 Å². The third-order valence-electron chi connectivity index (χ3n) is 3.74. The van der Waals surface area contributed by atoms with Crippen LogP contribution >= 0.6 is 23.4 Å². The van der Waals surface area contributed by atoms with Gasteiger partial charge in [-0.3, -0.25) is 14.9 Å². The summed E-state index contributed by atoms with van der Waals surface area (Å²) in [6.45, 7) is 1.98. The Kier molecular flexibility index (Phi) is 5.81. The zero-order valence-electron chi connectivity index (χ0n) is 14.6. The fourth-order valence-electron chi connectivity index (χ4n) is 2.31. The molecule has 0 fully saturated rings. The summed E-state index contributed by atoms with van der Waals surface area (Å²) in [6.07, 6.45) is 0. The lowest BCUT2D eigenvalue weighted by atomic mass is 10.1. The molecule has 3 aromatic rings. The molecule has 0 atom stereocenters. The van der Waals surface area contributed by atoms with Gasteiger partial charge in [0, 0.05) is 17.7 Å². The van der Waals surface area contributed by atoms with Gasteiger partial charge >= 0.3 is 0 Å². The van der Waals surface area contributed by atoms with Crippen molar-refractivity contribution in [3.8, 4) is 11.4 Å². The number of halogens is 1. The van der Waals surface area contributed by atoms with E-state index in [1.165, 1.54) is 22.9 Å². The predicted octanol–water partition coefficient (Wildman–Crippen LogP) is 3.26. The smallest absolute Gasteiger partial charge is 0.271 e. The van der Waals surface area contributed by atoms with Crippen LogP contribution in [0.15, 0.2) is 47.6 Å². The largest absolute Gasteiger partial charge is 0.335 e. The number of aromatic nitrogens is 3. The number of amides is 1. The SMILES string of the molecule is Cc1ccc(-c2nnc(SCC(=O)Nc3ccc([N+](=O)[O-])cc3Cl)n2N)cc1. The maximum absolute atomic E-state index is 12.2. The van der Waals surface area contributed by atoms with Gasteiger partial charge in [0.05, 0.1) is 21.4 Å². The summed E-state index contributed by atoms with van der Waals surface area (Å²) in [4.78, 5) is 22.3. The number of nitro benzene ring substituents is 1. The molecule has 1 amide bonds. The molecule has 0 aliphatic heterocycles. The van der Waals surface area contributed by atoms with Gasteiger partial charge < -0.3 is 11.2 Å². The number of hydrogen-bond acceptors (Lipinski definition) is 7. The molecule has 28 heavy (non-hydrogen) atoms. The molecule has 0 aliphatic carbocycles. The van der Waals surface area contributed by atoms with Crippen molar-refractivity contribution in [2.24, 2.45) is 0 Å². The molecule has 0 spiro atoms. The number of nitrogen functional groups attached to an aromatic ring is 1. The van der Waals surface area contributed by atoms with Crippen LogP contribution in [0.4, 0.5) is 11.4 Å². The second-order valence-corrected chi connectivity index (χ2v) is 7.15. The molecule has 1 heterocycles. The number of nitrogens with zero attached hydrogens (tertiary/aromatic N) is 4. The van der Waals surface area contributed by atoms with Crippen LogP contribution in [0.5, 0.6) is 0 Å². The first-order valence-corrected chi connectivity index (χ1v) is 9.35. The zero-order chi connectivity index (χ0) is 20.3. The normalized spacial score (nSPS) is 10.6. The summed E-state index contributed by atoms with van der Waals surface area (Å²) < 4.78 is 1.32. The van der Waals surface area contributed by atoms with E-state index in [-0.39, 0.29) is 28.1 Å². The van der Waals surface area contributed by atoms with E-state index < -0.39 is 4.92 Å². The van der Waals surface area contributed by atoms with E-state index in [0.717, 1.165) is 22.9 Å². The number of nitrogens with one attached hydrogen (secondary N) is 1. The number of hydrogen-bond donors (Lipinski definition) is 2. The van der Waals surface area contributed by atoms with E-state index in [1.54, 1.807) is 0 Å². The molecule has 2 aromatic carbocycles. The van der Waals surface area contributed by atoms with Gasteiger partial charge in [-0.1, -0.05) is 53.2 Å². The highest BCUT2D eigenvalue weighted by atomic mass is 35.5. The second-order valence-electron chi connectivity index (χ2n) is 5.80. The van der Waals surface area contributed by atoms with Gasteiger partial charge in [-0.2, -0.15) is 0 Å². The van der Waals surface area contributed by atoms with Crippen LogP contribution in [0, 0.1) is 17.0 Å². The third-order valence-corrected chi connectivity index (χ3v) is 5.00. The third kappa shape index (κ3) is 4.41. The minimum atomic E-state index is -0.562. The fourth-order valence-corrected chi connectivity index (χ4v) is 3.19. The van der Waals surface area contributed by atoms with Crippen molar-refractivity contribution in [3.05, 3.63) is 63.2 Å². The highest BCUT2D eigenvalue weighted by Crippen LogP contribution is 2.27. The summed E-state index contributed by atoms with van der Waals surface area (Å²) in [7, 11) is 0. The standard InChI is InChI=1S/C17H15ClN6O3S/c1-10-2-4-11(5-3-10)16-21-22-17(23(16)19)28-9-15(25)20-14-7-6-12(24(26)27)8-13(14)18/h2-8H,9,19H2,1H3,(H,20,25). The number of carbonyl (C=O) groups is 1. The van der Waals surface area contributed by atoms with Gasteiger partial charge in [0.25, 0.3) is 5.69 Å². The Labute approximate surface area is 169 Å². The van der Waals surface area contributed by atoms with Crippen molar-refractivity contribution in [3.63, 3.8) is 0 Å². The van der Waals surface area contributed by atoms with Crippen LogP contribution in [0.2, 0.25) is 5.02 Å². The maximum Gasteiger partial charge on any atom is 0.271 e. The molecule has 1 aromatic heterocycles. The molecular formula is C17H15ClN6O3S. The molecule has 0 saturated heterocycles. The van der Waals surface area contributed by atoms with E-state index in [2.05, 4.69) is 15.5 Å². The van der Waals surface area contributed by atoms with Crippen molar-refractivity contribution in [2.45, 2.75) is 12.1 Å². The monoisotopic (exact) mass is 418 g/mol. The minimum absolute atomic E-state index is 0.0105.